The second-order valence-electron chi connectivity index (χ2n) is 3.44. The molecule has 0 spiro atoms. The van der Waals surface area contributed by atoms with Gasteiger partial charge < -0.3 is 14.4 Å². The van der Waals surface area contributed by atoms with Crippen molar-refractivity contribution in [3.63, 3.8) is 0 Å². The second-order valence-corrected chi connectivity index (χ2v) is 3.44. The van der Waals surface area contributed by atoms with E-state index in [1.54, 1.807) is 10.6 Å². The van der Waals surface area contributed by atoms with Crippen LogP contribution in [0, 0.1) is 0 Å². The molecule has 0 aliphatic carbocycles. The first-order valence-corrected chi connectivity index (χ1v) is 5.13. The molecule has 0 aliphatic heterocycles. The third kappa shape index (κ3) is 1.79. The maximum atomic E-state index is 11.1. The summed E-state index contributed by atoms with van der Waals surface area (Å²) in [4.78, 5) is 11.1. The number of hydrogen-bond donors (Lipinski definition) is 1. The Balaban J connectivity index is 2.55. The molecule has 2 aromatic rings. The van der Waals surface area contributed by atoms with Crippen molar-refractivity contribution >= 4 is 16.9 Å². The summed E-state index contributed by atoms with van der Waals surface area (Å²) < 4.78 is 6.94. The number of para-hydroxylation sites is 1. The monoisotopic (exact) mass is 219 g/mol. The fraction of sp³-hybridized carbons (Fsp3) is 0.250. The first-order chi connectivity index (χ1) is 7.74. The van der Waals surface area contributed by atoms with Crippen LogP contribution in [0.5, 0.6) is 0 Å². The average molecular weight is 219 g/mol. The van der Waals surface area contributed by atoms with Crippen molar-refractivity contribution in [2.45, 2.75) is 13.7 Å². The fourth-order valence-electron chi connectivity index (χ4n) is 1.71. The second kappa shape index (κ2) is 4.37. The van der Waals surface area contributed by atoms with Gasteiger partial charge in [0.15, 0.2) is 0 Å². The summed E-state index contributed by atoms with van der Waals surface area (Å²) in [5, 5.41) is 10.0. The van der Waals surface area contributed by atoms with Gasteiger partial charge in [0.2, 0.25) is 0 Å². The molecule has 0 saturated heterocycles. The molecule has 0 amide bonds. The van der Waals surface area contributed by atoms with E-state index in [4.69, 9.17) is 9.84 Å². The Morgan fingerprint density at radius 3 is 2.88 bits per heavy atom. The van der Waals surface area contributed by atoms with Crippen molar-refractivity contribution in [1.82, 2.24) is 4.57 Å². The molecule has 0 radical (unpaired) electrons. The summed E-state index contributed by atoms with van der Waals surface area (Å²) in [5.74, 6) is -0.934. The topological polar surface area (TPSA) is 51.5 Å². The van der Waals surface area contributed by atoms with Crippen LogP contribution in [0.3, 0.4) is 0 Å². The third-order valence-corrected chi connectivity index (χ3v) is 2.45. The number of carbonyl (C=O) groups is 1. The molecular weight excluding hydrogens is 206 g/mol. The van der Waals surface area contributed by atoms with E-state index in [2.05, 4.69) is 0 Å². The smallest absolute Gasteiger partial charge is 0.352 e. The van der Waals surface area contributed by atoms with Crippen molar-refractivity contribution in [2.75, 3.05) is 6.61 Å². The zero-order valence-electron chi connectivity index (χ0n) is 9.01. The highest BCUT2D eigenvalue weighted by Crippen LogP contribution is 2.19. The minimum absolute atomic E-state index is 0.259. The lowest BCUT2D eigenvalue weighted by atomic mass is 10.2. The van der Waals surface area contributed by atoms with E-state index in [9.17, 15) is 4.79 Å². The van der Waals surface area contributed by atoms with Gasteiger partial charge in [-0.3, -0.25) is 0 Å². The molecule has 84 valence electrons. The maximum absolute atomic E-state index is 11.1. The van der Waals surface area contributed by atoms with Crippen LogP contribution in [0.25, 0.3) is 10.9 Å². The molecule has 2 rings (SSSR count). The number of rotatable bonds is 4. The number of nitrogens with zero attached hydrogens (tertiary/aromatic N) is 1. The van der Waals surface area contributed by atoms with E-state index < -0.39 is 5.97 Å². The van der Waals surface area contributed by atoms with Crippen molar-refractivity contribution in [3.8, 4) is 0 Å². The predicted molar refractivity (Wildman–Crippen MR) is 60.5 cm³/mol. The lowest BCUT2D eigenvalue weighted by Gasteiger charge is -2.07. The summed E-state index contributed by atoms with van der Waals surface area (Å²) in [6, 6.07) is 9.22. The van der Waals surface area contributed by atoms with Gasteiger partial charge in [-0.25, -0.2) is 4.79 Å². The Labute approximate surface area is 93.1 Å². The number of aromatic nitrogens is 1. The van der Waals surface area contributed by atoms with Gasteiger partial charge in [0.05, 0.1) is 5.52 Å². The molecule has 1 heterocycles. The zero-order valence-corrected chi connectivity index (χ0v) is 9.01. The molecule has 4 heteroatoms. The summed E-state index contributed by atoms with van der Waals surface area (Å²) >= 11 is 0. The van der Waals surface area contributed by atoms with Gasteiger partial charge >= 0.3 is 5.97 Å². The van der Waals surface area contributed by atoms with E-state index in [-0.39, 0.29) is 12.4 Å². The standard InChI is InChI=1S/C12H13NO3/c1-2-16-8-13-10-6-4-3-5-9(10)7-11(13)12(14)15/h3-7H,2,8H2,1H3,(H,14,15). The van der Waals surface area contributed by atoms with Gasteiger partial charge in [-0.05, 0) is 19.1 Å². The normalized spacial score (nSPS) is 10.8. The van der Waals surface area contributed by atoms with E-state index in [1.165, 1.54) is 0 Å². The van der Waals surface area contributed by atoms with Crippen molar-refractivity contribution in [2.24, 2.45) is 0 Å². The number of carboxylic acid groups (broad SMARTS) is 1. The number of fused-ring (bicyclic) bond motifs is 1. The van der Waals surface area contributed by atoms with Crippen LogP contribution < -0.4 is 0 Å². The van der Waals surface area contributed by atoms with Crippen LogP contribution in [0.2, 0.25) is 0 Å². The van der Waals surface area contributed by atoms with Crippen LogP contribution in [-0.4, -0.2) is 22.2 Å². The Kier molecular flexibility index (Phi) is 2.92. The largest absolute Gasteiger partial charge is 0.477 e. The van der Waals surface area contributed by atoms with E-state index in [1.807, 2.05) is 31.2 Å². The molecule has 1 N–H and O–H groups in total. The highest BCUT2D eigenvalue weighted by atomic mass is 16.5. The minimum atomic E-state index is -0.934. The van der Waals surface area contributed by atoms with Gasteiger partial charge in [0.1, 0.15) is 12.4 Å². The Hall–Kier alpha value is -1.81. The van der Waals surface area contributed by atoms with Crippen molar-refractivity contribution in [1.29, 1.82) is 0 Å². The summed E-state index contributed by atoms with van der Waals surface area (Å²) in [6.45, 7) is 2.71. The average Bonchev–Trinajstić information content (AvgIpc) is 2.65. The van der Waals surface area contributed by atoms with Gasteiger partial charge in [0, 0.05) is 12.0 Å². The summed E-state index contributed by atoms with van der Waals surface area (Å²) in [7, 11) is 0. The third-order valence-electron chi connectivity index (χ3n) is 2.45. The van der Waals surface area contributed by atoms with Gasteiger partial charge in [-0.2, -0.15) is 0 Å². The van der Waals surface area contributed by atoms with Crippen LogP contribution >= 0.6 is 0 Å². The number of hydrogen-bond acceptors (Lipinski definition) is 2. The number of ether oxygens (including phenoxy) is 1. The van der Waals surface area contributed by atoms with Crippen LogP contribution in [0.15, 0.2) is 30.3 Å². The molecule has 0 fully saturated rings. The predicted octanol–water partition coefficient (Wildman–Crippen LogP) is 2.33. The highest BCUT2D eigenvalue weighted by Gasteiger charge is 2.13. The Morgan fingerprint density at radius 2 is 2.19 bits per heavy atom. The molecule has 0 unspecified atom stereocenters. The fourth-order valence-corrected chi connectivity index (χ4v) is 1.71. The first-order valence-electron chi connectivity index (χ1n) is 5.13. The van der Waals surface area contributed by atoms with Crippen molar-refractivity contribution in [3.05, 3.63) is 36.0 Å². The summed E-state index contributed by atoms with van der Waals surface area (Å²) in [6.07, 6.45) is 0. The van der Waals surface area contributed by atoms with Gasteiger partial charge in [-0.15, -0.1) is 0 Å². The maximum Gasteiger partial charge on any atom is 0.352 e. The van der Waals surface area contributed by atoms with E-state index in [0.29, 0.717) is 6.61 Å². The van der Waals surface area contributed by atoms with Crippen LogP contribution in [0.1, 0.15) is 17.4 Å². The van der Waals surface area contributed by atoms with Gasteiger partial charge in [-0.1, -0.05) is 18.2 Å². The number of aromatic carboxylic acids is 1. The van der Waals surface area contributed by atoms with Crippen LogP contribution in [-0.2, 0) is 11.5 Å². The molecule has 0 bridgehead atoms. The van der Waals surface area contributed by atoms with E-state index in [0.717, 1.165) is 10.9 Å². The van der Waals surface area contributed by atoms with Crippen LogP contribution in [0.4, 0.5) is 0 Å². The number of benzene rings is 1. The number of carboxylic acids is 1. The molecule has 1 aromatic heterocycles. The SMILES string of the molecule is CCOCn1c(C(=O)O)cc2ccccc21. The Bertz CT molecular complexity index is 516. The molecule has 0 atom stereocenters. The molecule has 16 heavy (non-hydrogen) atoms. The molecule has 1 aromatic carbocycles. The molecule has 4 nitrogen and oxygen atoms in total. The lowest BCUT2D eigenvalue weighted by Crippen LogP contribution is -2.10. The van der Waals surface area contributed by atoms with E-state index >= 15 is 0 Å². The molecular formula is C12H13NO3. The minimum Gasteiger partial charge on any atom is -0.477 e. The quantitative estimate of drug-likeness (QED) is 0.858. The van der Waals surface area contributed by atoms with Crippen molar-refractivity contribution < 1.29 is 14.6 Å². The summed E-state index contributed by atoms with van der Waals surface area (Å²) in [5.41, 5.74) is 1.14. The molecule has 0 aliphatic rings. The molecule has 0 saturated carbocycles. The zero-order chi connectivity index (χ0) is 11.5. The lowest BCUT2D eigenvalue weighted by molar-refractivity contribution is 0.0631. The first kappa shape index (κ1) is 10.7. The Morgan fingerprint density at radius 1 is 1.44 bits per heavy atom. The highest BCUT2D eigenvalue weighted by molar-refractivity contribution is 5.94. The van der Waals surface area contributed by atoms with Gasteiger partial charge in [0.25, 0.3) is 0 Å².